The van der Waals surface area contributed by atoms with Gasteiger partial charge in [-0.3, -0.25) is 10.7 Å². The Morgan fingerprint density at radius 1 is 1.75 bits per heavy atom. The van der Waals surface area contributed by atoms with E-state index in [4.69, 9.17) is 5.84 Å². The van der Waals surface area contributed by atoms with Crippen LogP contribution in [-0.2, 0) is 4.84 Å². The van der Waals surface area contributed by atoms with Crippen molar-refractivity contribution in [1.82, 2.24) is 10.5 Å². The number of hydrogen-bond donors (Lipinski definition) is 1. The van der Waals surface area contributed by atoms with Crippen LogP contribution in [0.3, 0.4) is 0 Å². The van der Waals surface area contributed by atoms with Crippen LogP contribution in [0.1, 0.15) is 6.92 Å². The summed E-state index contributed by atoms with van der Waals surface area (Å²) in [5.41, 5.74) is 0. The molecule has 2 N–H and O–H groups in total. The van der Waals surface area contributed by atoms with Crippen molar-refractivity contribution in [3.05, 3.63) is 5.21 Å². The highest BCUT2D eigenvalue weighted by Crippen LogP contribution is 1.84. The van der Waals surface area contributed by atoms with Crippen molar-refractivity contribution in [2.75, 3.05) is 13.7 Å². The van der Waals surface area contributed by atoms with Gasteiger partial charge in [0.25, 0.3) is 0 Å². The smallest absolute Gasteiger partial charge is 0.0661 e. The molecule has 0 heterocycles. The van der Waals surface area contributed by atoms with Gasteiger partial charge in [0.15, 0.2) is 0 Å². The lowest BCUT2D eigenvalue weighted by Gasteiger charge is -2.31. The van der Waals surface area contributed by atoms with E-state index in [1.54, 1.807) is 6.92 Å². The molecule has 0 aliphatic rings. The van der Waals surface area contributed by atoms with Gasteiger partial charge in [-0.15, -0.1) is 0 Å². The first-order chi connectivity index (χ1) is 3.68. The van der Waals surface area contributed by atoms with Crippen LogP contribution in [0, 0.1) is 5.21 Å². The molecule has 0 aromatic rings. The molecule has 0 unspecified atom stereocenters. The minimum atomic E-state index is 0.208. The number of nitrogens with two attached hydrogens (primary N) is 1. The summed E-state index contributed by atoms with van der Waals surface area (Å²) < 4.78 is 0. The number of hydrogen-bond acceptors (Lipinski definition) is 5. The van der Waals surface area contributed by atoms with Crippen molar-refractivity contribution in [3.8, 4) is 0 Å². The molecule has 0 aromatic heterocycles. The fourth-order valence-corrected chi connectivity index (χ4v) is 0.202. The van der Waals surface area contributed by atoms with Crippen LogP contribution in [0.15, 0.2) is 0 Å². The van der Waals surface area contributed by atoms with E-state index in [9.17, 15) is 5.21 Å². The summed E-state index contributed by atoms with van der Waals surface area (Å²) in [5.74, 6) is 4.94. The molecule has 0 saturated heterocycles. The second-order valence-corrected chi connectivity index (χ2v) is 1.23. The lowest BCUT2D eigenvalue weighted by atomic mass is 10.9. The maximum atomic E-state index is 10.2. The molecule has 5 nitrogen and oxygen atoms in total. The summed E-state index contributed by atoms with van der Waals surface area (Å²) in [6, 6.07) is 0. The van der Waals surface area contributed by atoms with Crippen LogP contribution in [0.4, 0.5) is 0 Å². The SMILES string of the molecule is CCON([O-])N(C)N. The van der Waals surface area contributed by atoms with Crippen LogP contribution >= 0.6 is 0 Å². The molecule has 8 heavy (non-hydrogen) atoms. The van der Waals surface area contributed by atoms with E-state index in [0.717, 1.165) is 5.12 Å². The van der Waals surface area contributed by atoms with Crippen LogP contribution in [0.2, 0.25) is 0 Å². The van der Waals surface area contributed by atoms with Crippen molar-refractivity contribution in [3.63, 3.8) is 0 Å². The molecule has 0 spiro atoms. The topological polar surface area (TPSA) is 64.8 Å². The predicted molar refractivity (Wildman–Crippen MR) is 28.8 cm³/mol. The summed E-state index contributed by atoms with van der Waals surface area (Å²) in [4.78, 5) is 4.38. The fourth-order valence-electron chi connectivity index (χ4n) is 0.202. The van der Waals surface area contributed by atoms with Crippen LogP contribution < -0.4 is 5.84 Å². The molecule has 0 fully saturated rings. The molecule has 0 aliphatic carbocycles. The molecule has 0 saturated carbocycles. The van der Waals surface area contributed by atoms with E-state index in [1.807, 2.05) is 0 Å². The zero-order valence-corrected chi connectivity index (χ0v) is 5.00. The van der Waals surface area contributed by atoms with E-state index in [2.05, 4.69) is 4.84 Å². The molecule has 0 atom stereocenters. The van der Waals surface area contributed by atoms with Crippen LogP contribution in [-0.4, -0.2) is 24.1 Å². The Kier molecular flexibility index (Phi) is 3.67. The number of nitrogens with zero attached hydrogens (tertiary/aromatic N) is 2. The molecule has 0 bridgehead atoms. The van der Waals surface area contributed by atoms with Gasteiger partial charge >= 0.3 is 0 Å². The largest absolute Gasteiger partial charge is 0.747 e. The summed E-state index contributed by atoms with van der Waals surface area (Å²) in [5, 5.41) is 11.3. The molecular weight excluding hydrogens is 110 g/mol. The summed E-state index contributed by atoms with van der Waals surface area (Å²) in [6.45, 7) is 2.03. The minimum Gasteiger partial charge on any atom is -0.747 e. The highest BCUT2D eigenvalue weighted by Gasteiger charge is 1.88. The van der Waals surface area contributed by atoms with E-state index in [1.165, 1.54) is 7.05 Å². The summed E-state index contributed by atoms with van der Waals surface area (Å²) in [7, 11) is 1.39. The second-order valence-electron chi connectivity index (χ2n) is 1.23. The molecule has 0 aromatic carbocycles. The Morgan fingerprint density at radius 3 is 2.38 bits per heavy atom. The fraction of sp³-hybridized carbons (Fsp3) is 1.00. The molecule has 0 radical (unpaired) electrons. The predicted octanol–water partition coefficient (Wildman–Crippen LogP) is -0.542. The third-order valence-corrected chi connectivity index (χ3v) is 0.497. The molecule has 0 amide bonds. The molecular formula is C3H10N3O2-. The third-order valence-electron chi connectivity index (χ3n) is 0.497. The second kappa shape index (κ2) is 3.76. The van der Waals surface area contributed by atoms with Crippen LogP contribution in [0.5, 0.6) is 0 Å². The maximum Gasteiger partial charge on any atom is 0.0661 e. The van der Waals surface area contributed by atoms with Crippen LogP contribution in [0.25, 0.3) is 0 Å². The molecule has 0 rings (SSSR count). The average Bonchev–Trinajstić information content (AvgIpc) is 1.67. The Hall–Kier alpha value is -0.200. The van der Waals surface area contributed by atoms with Gasteiger partial charge in [0.2, 0.25) is 0 Å². The number of rotatable bonds is 3. The molecule has 50 valence electrons. The van der Waals surface area contributed by atoms with Gasteiger partial charge in [-0.05, 0) is 6.92 Å². The van der Waals surface area contributed by atoms with Crippen molar-refractivity contribution < 1.29 is 4.84 Å². The van der Waals surface area contributed by atoms with Gasteiger partial charge in [0.1, 0.15) is 0 Å². The lowest BCUT2D eigenvalue weighted by Crippen LogP contribution is -2.40. The highest BCUT2D eigenvalue weighted by atomic mass is 16.9. The first-order valence-electron chi connectivity index (χ1n) is 2.27. The quantitative estimate of drug-likeness (QED) is 0.400. The molecule has 5 heteroatoms. The Labute approximate surface area is 48.1 Å². The van der Waals surface area contributed by atoms with E-state index in [-0.39, 0.29) is 5.34 Å². The van der Waals surface area contributed by atoms with Gasteiger partial charge in [-0.25, -0.2) is 0 Å². The van der Waals surface area contributed by atoms with Gasteiger partial charge in [0.05, 0.1) is 6.61 Å². The van der Waals surface area contributed by atoms with Crippen molar-refractivity contribution in [2.45, 2.75) is 6.92 Å². The first-order valence-corrected chi connectivity index (χ1v) is 2.27. The molecule has 0 aliphatic heterocycles. The van der Waals surface area contributed by atoms with Gasteiger partial charge in [-0.1, -0.05) is 0 Å². The number of hydrazine groups is 2. The zero-order chi connectivity index (χ0) is 6.57. The maximum absolute atomic E-state index is 10.2. The summed E-state index contributed by atoms with van der Waals surface area (Å²) >= 11 is 0. The Morgan fingerprint density at radius 2 is 2.25 bits per heavy atom. The van der Waals surface area contributed by atoms with Crippen molar-refractivity contribution >= 4 is 0 Å². The van der Waals surface area contributed by atoms with Gasteiger partial charge in [0, 0.05) is 7.05 Å². The minimum absolute atomic E-state index is 0.208. The average molecular weight is 120 g/mol. The van der Waals surface area contributed by atoms with Gasteiger partial charge < -0.3 is 5.21 Å². The Balaban J connectivity index is 3.17. The zero-order valence-electron chi connectivity index (χ0n) is 5.00. The first kappa shape index (κ1) is 7.80. The van der Waals surface area contributed by atoms with Gasteiger partial charge in [-0.2, -0.15) is 10.5 Å². The van der Waals surface area contributed by atoms with E-state index >= 15 is 0 Å². The highest BCUT2D eigenvalue weighted by molar-refractivity contribution is 4.26. The van der Waals surface area contributed by atoms with Crippen molar-refractivity contribution in [1.29, 1.82) is 0 Å². The third kappa shape index (κ3) is 2.89. The normalized spacial score (nSPS) is 11.2. The monoisotopic (exact) mass is 120 g/mol. The standard InChI is InChI=1S/C3H10N3O2/c1-3-8-6(7)5(2)4/h3-4H2,1-2H3/q-1. The summed E-state index contributed by atoms with van der Waals surface area (Å²) in [6.07, 6.45) is 0. The van der Waals surface area contributed by atoms with Crippen molar-refractivity contribution in [2.24, 2.45) is 5.84 Å². The Bertz CT molecular complexity index is 58.5. The van der Waals surface area contributed by atoms with E-state index in [0.29, 0.717) is 6.61 Å². The lowest BCUT2D eigenvalue weighted by molar-refractivity contribution is -0.239. The van der Waals surface area contributed by atoms with E-state index < -0.39 is 0 Å².